The predicted octanol–water partition coefficient (Wildman–Crippen LogP) is 6.70. The average molecular weight is 598 g/mol. The SMILES string of the molecule is Cc1ccnc(C(C)C)c1-n1c2ncnc-2c(N2CCN(C(=O)OC(C)(C)C)C[C@@H]2C)c2cc(F)c(Br)cc21. The maximum atomic E-state index is 15.2. The number of aryl methyl sites for hydroxylation is 1. The van der Waals surface area contributed by atoms with Gasteiger partial charge in [0.1, 0.15) is 23.4 Å². The molecule has 2 aromatic rings. The zero-order valence-corrected chi connectivity index (χ0v) is 25.0. The number of anilines is 1. The van der Waals surface area contributed by atoms with E-state index in [0.717, 1.165) is 33.5 Å². The quantitative estimate of drug-likeness (QED) is 0.262. The molecule has 0 radical (unpaired) electrons. The minimum atomic E-state index is -0.568. The molecule has 1 aromatic carbocycles. The van der Waals surface area contributed by atoms with Crippen LogP contribution in [0.5, 0.6) is 0 Å². The average Bonchev–Trinajstić information content (AvgIpc) is 3.32. The highest BCUT2D eigenvalue weighted by atomic mass is 79.9. The fourth-order valence-corrected chi connectivity index (χ4v) is 5.66. The third-order valence-corrected chi connectivity index (χ3v) is 7.65. The van der Waals surface area contributed by atoms with Crippen molar-refractivity contribution in [2.75, 3.05) is 24.5 Å². The van der Waals surface area contributed by atoms with Gasteiger partial charge < -0.3 is 14.5 Å². The number of piperazine rings is 1. The lowest BCUT2D eigenvalue weighted by Crippen LogP contribution is -2.54. The lowest BCUT2D eigenvalue weighted by Gasteiger charge is -2.42. The third-order valence-electron chi connectivity index (χ3n) is 7.04. The van der Waals surface area contributed by atoms with E-state index in [-0.39, 0.29) is 23.9 Å². The van der Waals surface area contributed by atoms with Gasteiger partial charge >= 0.3 is 6.09 Å². The van der Waals surface area contributed by atoms with Crippen LogP contribution in [0, 0.1) is 12.7 Å². The van der Waals surface area contributed by atoms with Crippen LogP contribution < -0.4 is 4.90 Å². The van der Waals surface area contributed by atoms with Crippen molar-refractivity contribution in [2.45, 2.75) is 66.0 Å². The van der Waals surface area contributed by atoms with Gasteiger partial charge in [-0.25, -0.2) is 19.2 Å². The molecule has 1 aromatic heterocycles. The van der Waals surface area contributed by atoms with Gasteiger partial charge in [-0.3, -0.25) is 9.55 Å². The summed E-state index contributed by atoms with van der Waals surface area (Å²) >= 11 is 3.41. The molecule has 5 rings (SSSR count). The molecule has 0 unspecified atom stereocenters. The van der Waals surface area contributed by atoms with E-state index in [1.165, 1.54) is 0 Å². The van der Waals surface area contributed by atoms with Crippen molar-refractivity contribution < 1.29 is 13.9 Å². The number of amides is 1. The van der Waals surface area contributed by atoms with Gasteiger partial charge in [-0.05, 0) is 80.2 Å². The first-order valence-corrected chi connectivity index (χ1v) is 14.0. The molecule has 0 bridgehead atoms. The molecule has 3 aliphatic heterocycles. The van der Waals surface area contributed by atoms with Crippen LogP contribution >= 0.6 is 15.9 Å². The Hall–Kier alpha value is -3.27. The molecule has 1 saturated heterocycles. The van der Waals surface area contributed by atoms with Crippen molar-refractivity contribution in [3.8, 4) is 17.2 Å². The molecule has 1 fully saturated rings. The fraction of sp³-hybridized carbons (Fsp3) is 0.448. The number of fused-ring (bicyclic) bond motifs is 2. The van der Waals surface area contributed by atoms with Gasteiger partial charge in [-0.1, -0.05) is 13.8 Å². The molecule has 4 heterocycles. The Morgan fingerprint density at radius 1 is 1.15 bits per heavy atom. The van der Waals surface area contributed by atoms with E-state index in [1.54, 1.807) is 23.4 Å². The van der Waals surface area contributed by atoms with Crippen molar-refractivity contribution >= 4 is 38.6 Å². The second kappa shape index (κ2) is 10.0. The molecule has 0 N–H and O–H groups in total. The molecular formula is C29H34BrFN6O2. The minimum Gasteiger partial charge on any atom is -0.444 e. The Kier molecular flexibility index (Phi) is 7.03. The van der Waals surface area contributed by atoms with E-state index < -0.39 is 5.60 Å². The standard InChI is InChI=1S/C29H34BrFN6O2/c1-16(2)23-25(17(3)8-9-32-23)37-22-13-20(30)21(31)12-19(22)26(24-27(37)34-15-33-24)36-11-10-35(14-18(36)4)28(38)39-29(5,6)7/h8-9,12-13,15-16,18H,10-11,14H2,1-7H3/t18-/m0/s1. The second-order valence-corrected chi connectivity index (χ2v) is 12.4. The normalized spacial score (nSPS) is 16.5. The summed E-state index contributed by atoms with van der Waals surface area (Å²) in [6, 6.07) is 5.28. The highest BCUT2D eigenvalue weighted by Crippen LogP contribution is 2.43. The largest absolute Gasteiger partial charge is 0.444 e. The summed E-state index contributed by atoms with van der Waals surface area (Å²) in [5, 5.41) is 0.722. The number of carbonyl (C=O) groups excluding carboxylic acids is 1. The zero-order chi connectivity index (χ0) is 28.2. The Labute approximate surface area is 236 Å². The number of nitrogens with zero attached hydrogens (tertiary/aromatic N) is 6. The topological polar surface area (TPSA) is 76.4 Å². The van der Waals surface area contributed by atoms with Crippen molar-refractivity contribution in [2.24, 2.45) is 0 Å². The minimum absolute atomic E-state index is 0.0664. The highest BCUT2D eigenvalue weighted by Gasteiger charge is 2.35. The zero-order valence-electron chi connectivity index (χ0n) is 23.4. The highest BCUT2D eigenvalue weighted by molar-refractivity contribution is 9.10. The monoisotopic (exact) mass is 596 g/mol. The second-order valence-electron chi connectivity index (χ2n) is 11.5. The first-order chi connectivity index (χ1) is 18.4. The molecule has 0 saturated carbocycles. The van der Waals surface area contributed by atoms with Gasteiger partial charge in [-0.2, -0.15) is 0 Å². The lowest BCUT2D eigenvalue weighted by molar-refractivity contribution is 0.0219. The molecule has 1 atom stereocenters. The van der Waals surface area contributed by atoms with Crippen LogP contribution in [0.1, 0.15) is 58.7 Å². The molecule has 10 heteroatoms. The van der Waals surface area contributed by atoms with E-state index in [1.807, 2.05) is 40.0 Å². The third kappa shape index (κ3) is 4.95. The van der Waals surface area contributed by atoms with Gasteiger partial charge in [0.2, 0.25) is 0 Å². The number of benzene rings is 1. The molecule has 0 aliphatic carbocycles. The van der Waals surface area contributed by atoms with Gasteiger partial charge in [0.25, 0.3) is 0 Å². The van der Waals surface area contributed by atoms with E-state index >= 15 is 4.39 Å². The summed E-state index contributed by atoms with van der Waals surface area (Å²) in [7, 11) is 0. The molecule has 3 aliphatic rings. The van der Waals surface area contributed by atoms with Crippen molar-refractivity contribution in [1.82, 2.24) is 24.4 Å². The van der Waals surface area contributed by atoms with Gasteiger partial charge in [0.05, 0.1) is 27.1 Å². The van der Waals surface area contributed by atoms with E-state index in [4.69, 9.17) is 19.7 Å². The molecule has 0 spiro atoms. The lowest BCUT2D eigenvalue weighted by atomic mass is 10.0. The summed E-state index contributed by atoms with van der Waals surface area (Å²) in [5.41, 5.74) is 4.61. The van der Waals surface area contributed by atoms with Crippen LogP contribution in [0.25, 0.3) is 28.1 Å². The molecule has 206 valence electrons. The van der Waals surface area contributed by atoms with E-state index in [2.05, 4.69) is 46.2 Å². The Bertz CT molecular complexity index is 1530. The smallest absolute Gasteiger partial charge is 0.410 e. The number of aromatic nitrogens is 4. The number of rotatable bonds is 3. The first kappa shape index (κ1) is 27.3. The van der Waals surface area contributed by atoms with Crippen molar-refractivity contribution in [3.05, 3.63) is 52.3 Å². The number of ether oxygens (including phenoxy) is 1. The number of pyridine rings is 2. The van der Waals surface area contributed by atoms with E-state index in [9.17, 15) is 4.79 Å². The summed E-state index contributed by atoms with van der Waals surface area (Å²) in [5.74, 6) is 0.474. The number of halogens is 2. The van der Waals surface area contributed by atoms with E-state index in [0.29, 0.717) is 35.6 Å². The van der Waals surface area contributed by atoms with Crippen LogP contribution in [0.15, 0.2) is 35.2 Å². The fourth-order valence-electron chi connectivity index (χ4n) is 5.33. The number of hydrogen-bond donors (Lipinski definition) is 0. The maximum absolute atomic E-state index is 15.2. The maximum Gasteiger partial charge on any atom is 0.410 e. The summed E-state index contributed by atoms with van der Waals surface area (Å²) < 4.78 is 23.2. The van der Waals surface area contributed by atoms with Crippen LogP contribution in [-0.4, -0.2) is 61.8 Å². The van der Waals surface area contributed by atoms with Crippen LogP contribution in [0.3, 0.4) is 0 Å². The van der Waals surface area contributed by atoms with Gasteiger partial charge in [0.15, 0.2) is 5.82 Å². The van der Waals surface area contributed by atoms with Crippen LogP contribution in [-0.2, 0) is 4.74 Å². The summed E-state index contributed by atoms with van der Waals surface area (Å²) in [6.45, 7) is 15.4. The van der Waals surface area contributed by atoms with Crippen LogP contribution in [0.2, 0.25) is 0 Å². The molecular weight excluding hydrogens is 563 g/mol. The Morgan fingerprint density at radius 3 is 2.56 bits per heavy atom. The van der Waals surface area contributed by atoms with Crippen molar-refractivity contribution in [3.63, 3.8) is 0 Å². The molecule has 8 nitrogen and oxygen atoms in total. The molecule has 1 amide bonds. The summed E-state index contributed by atoms with van der Waals surface area (Å²) in [6.07, 6.45) is 3.05. The van der Waals surface area contributed by atoms with Crippen LogP contribution in [0.4, 0.5) is 14.9 Å². The van der Waals surface area contributed by atoms with Gasteiger partial charge in [-0.15, -0.1) is 0 Å². The first-order valence-electron chi connectivity index (χ1n) is 13.2. The predicted molar refractivity (Wildman–Crippen MR) is 154 cm³/mol. The molecule has 39 heavy (non-hydrogen) atoms. The van der Waals surface area contributed by atoms with Gasteiger partial charge in [0, 0.05) is 37.3 Å². The number of carbonyl (C=O) groups is 1. The number of imidazole rings is 1. The van der Waals surface area contributed by atoms with Crippen molar-refractivity contribution in [1.29, 1.82) is 0 Å². The Balaban J connectivity index is 1.70. The summed E-state index contributed by atoms with van der Waals surface area (Å²) in [4.78, 5) is 30.8. The number of hydrogen-bond acceptors (Lipinski definition) is 6. The Morgan fingerprint density at radius 2 is 1.90 bits per heavy atom.